The summed E-state index contributed by atoms with van der Waals surface area (Å²) in [5.74, 6) is -0.420. The Balaban J connectivity index is 1.90. The molecule has 2 aromatic carbocycles. The van der Waals surface area contributed by atoms with Crippen molar-refractivity contribution in [2.75, 3.05) is 0 Å². The number of para-hydroxylation sites is 1. The smallest absolute Gasteiger partial charge is 0.293 e. The van der Waals surface area contributed by atoms with Crippen molar-refractivity contribution in [3.05, 3.63) is 111 Å². The van der Waals surface area contributed by atoms with Crippen molar-refractivity contribution in [3.63, 3.8) is 0 Å². The van der Waals surface area contributed by atoms with E-state index in [1.165, 1.54) is 6.07 Å². The first-order chi connectivity index (χ1) is 16.4. The monoisotopic (exact) mass is 476 g/mol. The zero-order chi connectivity index (χ0) is 24.2. The van der Waals surface area contributed by atoms with Crippen LogP contribution in [0.15, 0.2) is 72.9 Å². The first kappa shape index (κ1) is 23.2. The minimum atomic E-state index is -1.10. The number of nitro benzene ring substituents is 1. The standard InChI is InChI=1S/C26H21ClN2O5/c1-2-19-21(15-18-11-6-7-12-20(18)29(32)33)28-14-8-13-22(24(28)23(19)25(30)26(27)31)34-16-17-9-4-3-5-10-17/h3-14H,2,15-16H2,1H3. The predicted molar refractivity (Wildman–Crippen MR) is 129 cm³/mol. The molecule has 8 heteroatoms. The molecule has 0 bridgehead atoms. The van der Waals surface area contributed by atoms with Gasteiger partial charge in [-0.3, -0.25) is 19.7 Å². The number of ether oxygens (including phenoxy) is 1. The highest BCUT2D eigenvalue weighted by atomic mass is 35.5. The molecule has 0 aliphatic rings. The van der Waals surface area contributed by atoms with Crippen LogP contribution in [0.25, 0.3) is 5.52 Å². The van der Waals surface area contributed by atoms with Crippen LogP contribution in [0.3, 0.4) is 0 Å². The second-order valence-electron chi connectivity index (χ2n) is 7.68. The topological polar surface area (TPSA) is 90.9 Å². The lowest BCUT2D eigenvalue weighted by Gasteiger charge is -2.10. The highest BCUT2D eigenvalue weighted by molar-refractivity contribution is 6.83. The van der Waals surface area contributed by atoms with E-state index in [0.717, 1.165) is 5.56 Å². The van der Waals surface area contributed by atoms with Crippen LogP contribution in [0.4, 0.5) is 5.69 Å². The summed E-state index contributed by atoms with van der Waals surface area (Å²) >= 11 is 5.63. The molecule has 0 unspecified atom stereocenters. The molecule has 172 valence electrons. The Labute approximate surface area is 200 Å². The van der Waals surface area contributed by atoms with Crippen molar-refractivity contribution >= 4 is 33.8 Å². The van der Waals surface area contributed by atoms with E-state index in [4.69, 9.17) is 16.3 Å². The van der Waals surface area contributed by atoms with Crippen LogP contribution in [0.1, 0.15) is 39.7 Å². The van der Waals surface area contributed by atoms with Gasteiger partial charge in [0.2, 0.25) is 5.78 Å². The molecule has 0 fully saturated rings. The van der Waals surface area contributed by atoms with Gasteiger partial charge in [-0.25, -0.2) is 0 Å². The number of pyridine rings is 1. The number of hydrogen-bond acceptors (Lipinski definition) is 5. The van der Waals surface area contributed by atoms with E-state index in [2.05, 4.69) is 0 Å². The van der Waals surface area contributed by atoms with Gasteiger partial charge in [-0.1, -0.05) is 55.5 Å². The van der Waals surface area contributed by atoms with Crippen LogP contribution in [0.2, 0.25) is 0 Å². The second kappa shape index (κ2) is 9.89. The van der Waals surface area contributed by atoms with Gasteiger partial charge in [-0.05, 0) is 41.3 Å². The molecule has 7 nitrogen and oxygen atoms in total. The number of Topliss-reactive ketones (excluding diaryl/α,β-unsaturated/α-hetero) is 1. The molecule has 0 saturated heterocycles. The van der Waals surface area contributed by atoms with Gasteiger partial charge in [0.15, 0.2) is 0 Å². The van der Waals surface area contributed by atoms with Crippen molar-refractivity contribution < 1.29 is 19.2 Å². The molecular weight excluding hydrogens is 456 g/mol. The average molecular weight is 477 g/mol. The summed E-state index contributed by atoms with van der Waals surface area (Å²) in [6.07, 6.45) is 2.36. The number of carbonyl (C=O) groups is 2. The molecule has 0 saturated carbocycles. The van der Waals surface area contributed by atoms with E-state index in [1.54, 1.807) is 40.9 Å². The Morgan fingerprint density at radius 2 is 1.74 bits per heavy atom. The van der Waals surface area contributed by atoms with Gasteiger partial charge in [0, 0.05) is 29.9 Å². The minimum absolute atomic E-state index is 0.0164. The van der Waals surface area contributed by atoms with Crippen LogP contribution in [-0.4, -0.2) is 20.3 Å². The van der Waals surface area contributed by atoms with Gasteiger partial charge in [0.05, 0.1) is 16.0 Å². The number of aromatic nitrogens is 1. The lowest BCUT2D eigenvalue weighted by atomic mass is 9.99. The van der Waals surface area contributed by atoms with E-state index < -0.39 is 15.9 Å². The van der Waals surface area contributed by atoms with Gasteiger partial charge < -0.3 is 9.14 Å². The molecule has 4 aromatic rings. The van der Waals surface area contributed by atoms with E-state index in [0.29, 0.717) is 34.5 Å². The summed E-state index contributed by atoms with van der Waals surface area (Å²) in [7, 11) is 0. The number of nitro groups is 1. The number of carbonyl (C=O) groups excluding carboxylic acids is 2. The van der Waals surface area contributed by atoms with Gasteiger partial charge in [0.1, 0.15) is 12.4 Å². The Hall–Kier alpha value is -3.97. The largest absolute Gasteiger partial charge is 0.487 e. The number of ketones is 1. The molecule has 0 N–H and O–H groups in total. The molecule has 34 heavy (non-hydrogen) atoms. The average Bonchev–Trinajstić information content (AvgIpc) is 3.16. The number of hydrogen-bond donors (Lipinski definition) is 0. The maximum atomic E-state index is 12.9. The number of benzene rings is 2. The fourth-order valence-electron chi connectivity index (χ4n) is 4.18. The van der Waals surface area contributed by atoms with Crippen LogP contribution < -0.4 is 4.74 Å². The quantitative estimate of drug-likeness (QED) is 0.104. The van der Waals surface area contributed by atoms with Gasteiger partial charge in [0.25, 0.3) is 10.9 Å². The molecule has 2 heterocycles. The fourth-order valence-corrected chi connectivity index (χ4v) is 4.27. The molecule has 0 aliphatic heterocycles. The van der Waals surface area contributed by atoms with Gasteiger partial charge in [-0.15, -0.1) is 0 Å². The first-order valence-corrected chi connectivity index (χ1v) is 11.1. The third-order valence-corrected chi connectivity index (χ3v) is 5.85. The molecule has 0 aliphatic carbocycles. The summed E-state index contributed by atoms with van der Waals surface area (Å²) in [6.45, 7) is 2.12. The van der Waals surface area contributed by atoms with E-state index >= 15 is 0 Å². The third kappa shape index (κ3) is 4.43. The van der Waals surface area contributed by atoms with Crippen LogP contribution in [0, 0.1) is 10.1 Å². The Kier molecular flexibility index (Phi) is 6.75. The number of halogens is 1. The highest BCUT2D eigenvalue weighted by Gasteiger charge is 2.29. The second-order valence-corrected chi connectivity index (χ2v) is 8.03. The summed E-state index contributed by atoms with van der Waals surface area (Å²) in [4.78, 5) is 36.0. The SMILES string of the molecule is CCc1c(C(=O)C(=O)Cl)c2c(OCc3ccccc3)cccn2c1Cc1ccccc1[N+](=O)[O-]. The van der Waals surface area contributed by atoms with Gasteiger partial charge >= 0.3 is 0 Å². The van der Waals surface area contributed by atoms with Gasteiger partial charge in [-0.2, -0.15) is 0 Å². The molecule has 4 rings (SSSR count). The molecule has 0 spiro atoms. The fraction of sp³-hybridized carbons (Fsp3) is 0.154. The molecule has 2 aromatic heterocycles. The zero-order valence-electron chi connectivity index (χ0n) is 18.4. The van der Waals surface area contributed by atoms with Crippen molar-refractivity contribution in [2.45, 2.75) is 26.4 Å². The van der Waals surface area contributed by atoms with Crippen LogP contribution >= 0.6 is 11.6 Å². The zero-order valence-corrected chi connectivity index (χ0v) is 19.1. The number of nitrogens with zero attached hydrogens (tertiary/aromatic N) is 2. The molecule has 0 radical (unpaired) electrons. The van der Waals surface area contributed by atoms with Crippen LogP contribution in [0.5, 0.6) is 5.75 Å². The molecular formula is C26H21ClN2O5. The Morgan fingerprint density at radius 1 is 1.03 bits per heavy atom. The maximum Gasteiger partial charge on any atom is 0.293 e. The Bertz CT molecular complexity index is 1400. The van der Waals surface area contributed by atoms with E-state index in [9.17, 15) is 19.7 Å². The predicted octanol–water partition coefficient (Wildman–Crippen LogP) is 5.53. The normalized spacial score (nSPS) is 10.9. The lowest BCUT2D eigenvalue weighted by Crippen LogP contribution is -2.10. The summed E-state index contributed by atoms with van der Waals surface area (Å²) in [5.41, 5.74) is 3.27. The minimum Gasteiger partial charge on any atom is -0.487 e. The van der Waals surface area contributed by atoms with Crippen molar-refractivity contribution in [2.24, 2.45) is 0 Å². The van der Waals surface area contributed by atoms with Crippen molar-refractivity contribution in [1.82, 2.24) is 4.40 Å². The third-order valence-electron chi connectivity index (χ3n) is 5.68. The molecule has 0 atom stereocenters. The Morgan fingerprint density at radius 3 is 2.41 bits per heavy atom. The van der Waals surface area contributed by atoms with E-state index in [1.807, 2.05) is 37.3 Å². The summed E-state index contributed by atoms with van der Waals surface area (Å²) in [6, 6.07) is 19.5. The maximum absolute atomic E-state index is 12.9. The molecule has 0 amide bonds. The lowest BCUT2D eigenvalue weighted by molar-refractivity contribution is -0.385. The van der Waals surface area contributed by atoms with E-state index in [-0.39, 0.29) is 24.3 Å². The highest BCUT2D eigenvalue weighted by Crippen LogP contribution is 2.35. The summed E-state index contributed by atoms with van der Waals surface area (Å²) < 4.78 is 7.83. The number of rotatable bonds is 9. The number of fused-ring (bicyclic) bond motifs is 1. The van der Waals surface area contributed by atoms with Crippen molar-refractivity contribution in [1.29, 1.82) is 0 Å². The van der Waals surface area contributed by atoms with Crippen molar-refractivity contribution in [3.8, 4) is 5.75 Å². The van der Waals surface area contributed by atoms with Crippen LogP contribution in [-0.2, 0) is 24.2 Å². The summed E-state index contributed by atoms with van der Waals surface area (Å²) in [5, 5.41) is 10.5. The first-order valence-electron chi connectivity index (χ1n) is 10.7.